The first-order valence-corrected chi connectivity index (χ1v) is 9.59. The Morgan fingerprint density at radius 1 is 1.11 bits per heavy atom. The van der Waals surface area contributed by atoms with Crippen LogP contribution in [0.1, 0.15) is 52.0 Å². The lowest BCUT2D eigenvalue weighted by Gasteiger charge is -2.27. The molecule has 3 atom stereocenters. The number of allylic oxidation sites excluding steroid dienone is 1. The number of hydrogen-bond acceptors (Lipinski definition) is 3. The number of carbonyl (C=O) groups excluding carboxylic acids is 2. The molecule has 0 saturated heterocycles. The highest BCUT2D eigenvalue weighted by Gasteiger charge is 2.24. The number of halogens is 2. The summed E-state index contributed by atoms with van der Waals surface area (Å²) in [5, 5.41) is 16.1. The Morgan fingerprint density at radius 2 is 1.75 bits per heavy atom. The maximum absolute atomic E-state index is 13.4. The van der Waals surface area contributed by atoms with Crippen molar-refractivity contribution < 1.29 is 23.5 Å². The van der Waals surface area contributed by atoms with Gasteiger partial charge in [-0.3, -0.25) is 9.59 Å². The van der Waals surface area contributed by atoms with E-state index in [2.05, 4.69) is 10.6 Å². The third-order valence-electron chi connectivity index (χ3n) is 4.32. The van der Waals surface area contributed by atoms with Gasteiger partial charge < -0.3 is 15.7 Å². The fourth-order valence-corrected chi connectivity index (χ4v) is 2.95. The summed E-state index contributed by atoms with van der Waals surface area (Å²) in [6.07, 6.45) is 4.69. The predicted octanol–water partition coefficient (Wildman–Crippen LogP) is 3.01. The maximum atomic E-state index is 13.4. The lowest BCUT2D eigenvalue weighted by Crippen LogP contribution is -2.47. The van der Waals surface area contributed by atoms with Crippen molar-refractivity contribution in [2.45, 2.75) is 71.1 Å². The van der Waals surface area contributed by atoms with E-state index in [1.54, 1.807) is 6.08 Å². The lowest BCUT2D eigenvalue weighted by atomic mass is 9.95. The number of aliphatic hydroxyl groups is 1. The molecule has 5 nitrogen and oxygen atoms in total. The van der Waals surface area contributed by atoms with Crippen molar-refractivity contribution in [2.75, 3.05) is 0 Å². The van der Waals surface area contributed by atoms with Crippen molar-refractivity contribution in [3.8, 4) is 0 Å². The summed E-state index contributed by atoms with van der Waals surface area (Å²) < 4.78 is 26.9. The molecule has 28 heavy (non-hydrogen) atoms. The minimum atomic E-state index is -0.994. The van der Waals surface area contributed by atoms with Crippen LogP contribution < -0.4 is 10.6 Å². The van der Waals surface area contributed by atoms with Gasteiger partial charge in [-0.15, -0.1) is 0 Å². The third-order valence-corrected chi connectivity index (χ3v) is 4.32. The van der Waals surface area contributed by atoms with E-state index < -0.39 is 23.8 Å². The molecule has 0 radical (unpaired) electrons. The van der Waals surface area contributed by atoms with E-state index in [4.69, 9.17) is 0 Å². The van der Waals surface area contributed by atoms with Crippen LogP contribution in [0.4, 0.5) is 8.78 Å². The van der Waals surface area contributed by atoms with Crippen LogP contribution in [-0.2, 0) is 16.0 Å². The molecule has 7 heteroatoms. The normalized spacial score (nSPS) is 14.5. The van der Waals surface area contributed by atoms with Crippen molar-refractivity contribution in [1.29, 1.82) is 0 Å². The standard InChI is InChI=1S/C21H30F2N2O3/c1-4-6-7-8-21(28)25-18(5-2)13-20(27)19(24-14(3)26)11-15-9-16(22)12-17(23)10-15/h6-7,9-10,12,18-20,27H,4-5,8,11,13H2,1-3H3,(H,24,26)(H,25,28)/b7-6+/t18?,19-,20-/m0/s1. The van der Waals surface area contributed by atoms with Crippen LogP contribution in [0.25, 0.3) is 0 Å². The molecule has 0 heterocycles. The Labute approximate surface area is 165 Å². The fraction of sp³-hybridized carbons (Fsp3) is 0.524. The van der Waals surface area contributed by atoms with Gasteiger partial charge in [0, 0.05) is 25.5 Å². The summed E-state index contributed by atoms with van der Waals surface area (Å²) in [6.45, 7) is 5.17. The smallest absolute Gasteiger partial charge is 0.224 e. The molecule has 1 unspecified atom stereocenters. The van der Waals surface area contributed by atoms with Crippen LogP contribution in [0.3, 0.4) is 0 Å². The van der Waals surface area contributed by atoms with Gasteiger partial charge in [0.25, 0.3) is 0 Å². The molecule has 156 valence electrons. The van der Waals surface area contributed by atoms with Gasteiger partial charge in [0.15, 0.2) is 0 Å². The molecule has 1 rings (SSSR count). The molecule has 3 N–H and O–H groups in total. The van der Waals surface area contributed by atoms with E-state index in [1.165, 1.54) is 19.1 Å². The van der Waals surface area contributed by atoms with E-state index in [-0.39, 0.29) is 37.1 Å². The van der Waals surface area contributed by atoms with Gasteiger partial charge in [-0.1, -0.05) is 26.0 Å². The molecule has 0 fully saturated rings. The number of carbonyl (C=O) groups is 2. The first kappa shape index (κ1) is 23.8. The minimum Gasteiger partial charge on any atom is -0.391 e. The number of benzene rings is 1. The Kier molecular flexibility index (Phi) is 10.4. The summed E-state index contributed by atoms with van der Waals surface area (Å²) in [4.78, 5) is 23.5. The molecule has 0 saturated carbocycles. The summed E-state index contributed by atoms with van der Waals surface area (Å²) in [5.41, 5.74) is 0.331. The largest absolute Gasteiger partial charge is 0.391 e. The first-order chi connectivity index (χ1) is 13.2. The molecule has 0 spiro atoms. The first-order valence-electron chi connectivity index (χ1n) is 9.59. The number of hydrogen-bond donors (Lipinski definition) is 3. The monoisotopic (exact) mass is 396 g/mol. The molecule has 0 aliphatic carbocycles. The van der Waals surface area contributed by atoms with Gasteiger partial charge in [0.2, 0.25) is 11.8 Å². The Morgan fingerprint density at radius 3 is 2.29 bits per heavy atom. The van der Waals surface area contributed by atoms with Gasteiger partial charge in [-0.05, 0) is 43.4 Å². The highest BCUT2D eigenvalue weighted by Crippen LogP contribution is 2.15. The Balaban J connectivity index is 2.78. The molecule has 0 bridgehead atoms. The van der Waals surface area contributed by atoms with Crippen LogP contribution >= 0.6 is 0 Å². The van der Waals surface area contributed by atoms with E-state index in [0.717, 1.165) is 12.5 Å². The molecule has 0 aliphatic rings. The van der Waals surface area contributed by atoms with Crippen LogP contribution in [0.15, 0.2) is 30.4 Å². The van der Waals surface area contributed by atoms with Gasteiger partial charge in [0.1, 0.15) is 11.6 Å². The number of rotatable bonds is 11. The third kappa shape index (κ3) is 9.08. The Hall–Kier alpha value is -2.28. The van der Waals surface area contributed by atoms with E-state index >= 15 is 0 Å². The van der Waals surface area contributed by atoms with Crippen LogP contribution in [-0.4, -0.2) is 35.1 Å². The van der Waals surface area contributed by atoms with E-state index in [0.29, 0.717) is 12.0 Å². The van der Waals surface area contributed by atoms with Crippen molar-refractivity contribution >= 4 is 11.8 Å². The van der Waals surface area contributed by atoms with Crippen molar-refractivity contribution in [2.24, 2.45) is 0 Å². The van der Waals surface area contributed by atoms with E-state index in [9.17, 15) is 23.5 Å². The summed E-state index contributed by atoms with van der Waals surface area (Å²) in [5.74, 6) is -1.94. The summed E-state index contributed by atoms with van der Waals surface area (Å²) >= 11 is 0. The molecule has 0 aromatic heterocycles. The van der Waals surface area contributed by atoms with Crippen molar-refractivity contribution in [1.82, 2.24) is 10.6 Å². The Bertz CT molecular complexity index is 659. The maximum Gasteiger partial charge on any atom is 0.224 e. The zero-order chi connectivity index (χ0) is 21.1. The highest BCUT2D eigenvalue weighted by atomic mass is 19.1. The van der Waals surface area contributed by atoms with Gasteiger partial charge in [-0.25, -0.2) is 8.78 Å². The molecule has 0 aliphatic heterocycles. The van der Waals surface area contributed by atoms with Crippen LogP contribution in [0.5, 0.6) is 0 Å². The minimum absolute atomic E-state index is 0.0685. The topological polar surface area (TPSA) is 78.4 Å². The van der Waals surface area contributed by atoms with Crippen molar-refractivity contribution in [3.63, 3.8) is 0 Å². The fourth-order valence-electron chi connectivity index (χ4n) is 2.95. The van der Waals surface area contributed by atoms with Crippen LogP contribution in [0, 0.1) is 11.6 Å². The predicted molar refractivity (Wildman–Crippen MR) is 105 cm³/mol. The summed E-state index contributed by atoms with van der Waals surface area (Å²) in [6, 6.07) is 2.10. The SMILES string of the molecule is CC/C=C/CC(=O)NC(CC)C[C@H](O)[C@H](Cc1cc(F)cc(F)c1)NC(C)=O. The average Bonchev–Trinajstić information content (AvgIpc) is 2.59. The quantitative estimate of drug-likeness (QED) is 0.503. The second-order valence-corrected chi connectivity index (χ2v) is 6.85. The zero-order valence-corrected chi connectivity index (χ0v) is 16.7. The van der Waals surface area contributed by atoms with E-state index in [1.807, 2.05) is 19.9 Å². The second kappa shape index (κ2) is 12.2. The van der Waals surface area contributed by atoms with Crippen LogP contribution in [0.2, 0.25) is 0 Å². The molecule has 1 aromatic carbocycles. The lowest BCUT2D eigenvalue weighted by molar-refractivity contribution is -0.122. The number of aliphatic hydroxyl groups excluding tert-OH is 1. The summed E-state index contributed by atoms with van der Waals surface area (Å²) in [7, 11) is 0. The average molecular weight is 396 g/mol. The molecule has 2 amide bonds. The second-order valence-electron chi connectivity index (χ2n) is 6.85. The van der Waals surface area contributed by atoms with Gasteiger partial charge >= 0.3 is 0 Å². The molecular weight excluding hydrogens is 366 g/mol. The zero-order valence-electron chi connectivity index (χ0n) is 16.7. The molecule has 1 aromatic rings. The van der Waals surface area contributed by atoms with Crippen molar-refractivity contribution in [3.05, 3.63) is 47.5 Å². The number of nitrogens with one attached hydrogen (secondary N) is 2. The molecular formula is C21H30F2N2O3. The van der Waals surface area contributed by atoms with Gasteiger partial charge in [0.05, 0.1) is 12.1 Å². The highest BCUT2D eigenvalue weighted by molar-refractivity contribution is 5.77. The van der Waals surface area contributed by atoms with Gasteiger partial charge in [-0.2, -0.15) is 0 Å². The number of amides is 2.